The number of aryl methyl sites for hydroxylation is 1. The van der Waals surface area contributed by atoms with E-state index in [0.717, 1.165) is 22.4 Å². The molecule has 0 spiro atoms. The van der Waals surface area contributed by atoms with Gasteiger partial charge in [-0.15, -0.1) is 11.3 Å². The fraction of sp³-hybridized carbons (Fsp3) is 0.214. The molecule has 0 aliphatic heterocycles. The van der Waals surface area contributed by atoms with Crippen LogP contribution in [0.4, 0.5) is 10.1 Å². The molecule has 4 heteroatoms. The van der Waals surface area contributed by atoms with Gasteiger partial charge in [-0.2, -0.15) is 5.26 Å². The summed E-state index contributed by atoms with van der Waals surface area (Å²) in [6.45, 7) is 3.71. The highest BCUT2D eigenvalue weighted by Gasteiger charge is 2.16. The summed E-state index contributed by atoms with van der Waals surface area (Å²) in [6.07, 6.45) is 0.731. The Kier molecular flexibility index (Phi) is 3.35. The third-order valence-electron chi connectivity index (χ3n) is 2.94. The molecule has 2 rings (SSSR count). The number of hydrogen-bond acceptors (Lipinski definition) is 3. The Bertz CT molecular complexity index is 638. The lowest BCUT2D eigenvalue weighted by Crippen LogP contribution is -1.92. The number of anilines is 1. The summed E-state index contributed by atoms with van der Waals surface area (Å²) in [5, 5.41) is 9.00. The van der Waals surface area contributed by atoms with Crippen LogP contribution in [0, 0.1) is 24.1 Å². The third-order valence-corrected chi connectivity index (χ3v) is 4.14. The van der Waals surface area contributed by atoms with E-state index in [1.807, 2.05) is 13.0 Å². The van der Waals surface area contributed by atoms with Crippen LogP contribution in [0.3, 0.4) is 0 Å². The Balaban J connectivity index is 2.63. The maximum absolute atomic E-state index is 13.6. The van der Waals surface area contributed by atoms with Crippen molar-refractivity contribution in [1.29, 1.82) is 5.26 Å². The van der Waals surface area contributed by atoms with Crippen molar-refractivity contribution in [2.75, 3.05) is 5.73 Å². The van der Waals surface area contributed by atoms with Gasteiger partial charge in [-0.05, 0) is 36.1 Å². The van der Waals surface area contributed by atoms with Gasteiger partial charge in [0.1, 0.15) is 16.8 Å². The number of hydrogen-bond donors (Lipinski definition) is 1. The first kappa shape index (κ1) is 12.6. The van der Waals surface area contributed by atoms with E-state index in [1.165, 1.54) is 17.4 Å². The van der Waals surface area contributed by atoms with Crippen LogP contribution in [0.1, 0.15) is 22.9 Å². The van der Waals surface area contributed by atoms with Gasteiger partial charge < -0.3 is 5.73 Å². The Morgan fingerprint density at radius 3 is 2.72 bits per heavy atom. The molecule has 1 aromatic carbocycles. The smallest absolute Gasteiger partial charge is 0.128 e. The van der Waals surface area contributed by atoms with Crippen LogP contribution in [0.15, 0.2) is 18.2 Å². The minimum atomic E-state index is -0.236. The highest BCUT2D eigenvalue weighted by Crippen LogP contribution is 2.38. The first-order valence-electron chi connectivity index (χ1n) is 5.66. The zero-order valence-electron chi connectivity index (χ0n) is 10.2. The van der Waals surface area contributed by atoms with Crippen LogP contribution >= 0.6 is 11.3 Å². The van der Waals surface area contributed by atoms with E-state index in [0.29, 0.717) is 16.1 Å². The molecule has 0 aliphatic rings. The molecule has 18 heavy (non-hydrogen) atoms. The highest BCUT2D eigenvalue weighted by atomic mass is 32.1. The molecule has 1 aromatic heterocycles. The summed E-state index contributed by atoms with van der Waals surface area (Å²) in [5.41, 5.74) is 8.78. The van der Waals surface area contributed by atoms with E-state index >= 15 is 0 Å². The highest BCUT2D eigenvalue weighted by molar-refractivity contribution is 7.16. The van der Waals surface area contributed by atoms with Gasteiger partial charge >= 0.3 is 0 Å². The van der Waals surface area contributed by atoms with E-state index < -0.39 is 0 Å². The SMILES string of the molecule is CCc1c(-c2ccc(C)c(F)c2)sc(C#N)c1N. The molecule has 1 heterocycles. The molecule has 92 valence electrons. The van der Waals surface area contributed by atoms with E-state index in [4.69, 9.17) is 11.0 Å². The number of nitrogen functional groups attached to an aromatic ring is 1. The zero-order valence-corrected chi connectivity index (χ0v) is 11.1. The minimum Gasteiger partial charge on any atom is -0.397 e. The number of benzene rings is 1. The molecule has 0 saturated carbocycles. The van der Waals surface area contributed by atoms with E-state index in [2.05, 4.69) is 6.07 Å². The fourth-order valence-electron chi connectivity index (χ4n) is 1.88. The van der Waals surface area contributed by atoms with Gasteiger partial charge in [0.15, 0.2) is 0 Å². The van der Waals surface area contributed by atoms with E-state index in [-0.39, 0.29) is 5.82 Å². The molecule has 2 nitrogen and oxygen atoms in total. The second-order valence-corrected chi connectivity index (χ2v) is 5.10. The van der Waals surface area contributed by atoms with Crippen molar-refractivity contribution in [3.05, 3.63) is 40.0 Å². The van der Waals surface area contributed by atoms with Gasteiger partial charge in [0.25, 0.3) is 0 Å². The number of nitrogens with two attached hydrogens (primary N) is 1. The number of thiophene rings is 1. The van der Waals surface area contributed by atoms with Crippen molar-refractivity contribution in [2.45, 2.75) is 20.3 Å². The van der Waals surface area contributed by atoms with Crippen molar-refractivity contribution in [1.82, 2.24) is 0 Å². The molecular weight excluding hydrogens is 247 g/mol. The number of nitrogens with zero attached hydrogens (tertiary/aromatic N) is 1. The van der Waals surface area contributed by atoms with E-state index in [1.54, 1.807) is 13.0 Å². The van der Waals surface area contributed by atoms with Crippen molar-refractivity contribution in [3.63, 3.8) is 0 Å². The molecule has 0 fully saturated rings. The lowest BCUT2D eigenvalue weighted by molar-refractivity contribution is 0.619. The van der Waals surface area contributed by atoms with Crippen molar-refractivity contribution in [3.8, 4) is 16.5 Å². The lowest BCUT2D eigenvalue weighted by atomic mass is 10.0. The van der Waals surface area contributed by atoms with Crippen molar-refractivity contribution >= 4 is 17.0 Å². The summed E-state index contributed by atoms with van der Waals surface area (Å²) < 4.78 is 13.6. The number of nitriles is 1. The summed E-state index contributed by atoms with van der Waals surface area (Å²) in [4.78, 5) is 1.40. The van der Waals surface area contributed by atoms with Crippen molar-refractivity contribution in [2.24, 2.45) is 0 Å². The fourth-order valence-corrected chi connectivity index (χ4v) is 2.98. The van der Waals surface area contributed by atoms with Gasteiger partial charge in [-0.1, -0.05) is 19.1 Å². The van der Waals surface area contributed by atoms with Gasteiger partial charge in [-0.3, -0.25) is 0 Å². The maximum Gasteiger partial charge on any atom is 0.128 e. The molecule has 0 atom stereocenters. The second kappa shape index (κ2) is 4.79. The molecule has 0 radical (unpaired) electrons. The van der Waals surface area contributed by atoms with E-state index in [9.17, 15) is 4.39 Å². The van der Waals surface area contributed by atoms with Crippen LogP contribution in [0.25, 0.3) is 10.4 Å². The molecule has 0 saturated heterocycles. The molecule has 0 bridgehead atoms. The van der Waals surface area contributed by atoms with Gasteiger partial charge in [0.2, 0.25) is 0 Å². The third kappa shape index (κ3) is 1.98. The lowest BCUT2D eigenvalue weighted by Gasteiger charge is -2.04. The predicted octanol–water partition coefficient (Wildman–Crippen LogP) is 3.88. The zero-order chi connectivity index (χ0) is 13.3. The summed E-state index contributed by atoms with van der Waals surface area (Å²) in [5.74, 6) is -0.236. The first-order chi connectivity index (χ1) is 8.58. The Morgan fingerprint density at radius 1 is 1.44 bits per heavy atom. The normalized spacial score (nSPS) is 10.3. The number of halogens is 1. The first-order valence-corrected chi connectivity index (χ1v) is 6.47. The van der Waals surface area contributed by atoms with Gasteiger partial charge in [-0.25, -0.2) is 4.39 Å². The number of rotatable bonds is 2. The summed E-state index contributed by atoms with van der Waals surface area (Å²) >= 11 is 1.33. The second-order valence-electron chi connectivity index (χ2n) is 4.08. The van der Waals surface area contributed by atoms with Gasteiger partial charge in [0, 0.05) is 4.88 Å². The van der Waals surface area contributed by atoms with Crippen molar-refractivity contribution < 1.29 is 4.39 Å². The van der Waals surface area contributed by atoms with Crippen LogP contribution in [0.5, 0.6) is 0 Å². The molecule has 0 aliphatic carbocycles. The molecule has 2 N–H and O–H groups in total. The molecule has 2 aromatic rings. The Morgan fingerprint density at radius 2 is 2.17 bits per heavy atom. The van der Waals surface area contributed by atoms with Crippen LogP contribution < -0.4 is 5.73 Å². The minimum absolute atomic E-state index is 0.236. The topological polar surface area (TPSA) is 49.8 Å². The summed E-state index contributed by atoms with van der Waals surface area (Å²) in [7, 11) is 0. The Labute approximate surface area is 109 Å². The average molecular weight is 260 g/mol. The van der Waals surface area contributed by atoms with Crippen LogP contribution in [0.2, 0.25) is 0 Å². The standard InChI is InChI=1S/C14H13FN2S/c1-3-10-13(17)12(7-16)18-14(10)9-5-4-8(2)11(15)6-9/h4-6H,3,17H2,1-2H3. The largest absolute Gasteiger partial charge is 0.397 e. The monoisotopic (exact) mass is 260 g/mol. The molecule has 0 unspecified atom stereocenters. The Hall–Kier alpha value is -1.86. The molecule has 0 amide bonds. The van der Waals surface area contributed by atoms with Gasteiger partial charge in [0.05, 0.1) is 5.69 Å². The maximum atomic E-state index is 13.6. The predicted molar refractivity (Wildman–Crippen MR) is 73.0 cm³/mol. The average Bonchev–Trinajstić information content (AvgIpc) is 2.69. The summed E-state index contributed by atoms with van der Waals surface area (Å²) in [6, 6.07) is 7.19. The van der Waals surface area contributed by atoms with Crippen LogP contribution in [-0.2, 0) is 6.42 Å². The van der Waals surface area contributed by atoms with Crippen LogP contribution in [-0.4, -0.2) is 0 Å². The molecular formula is C14H13FN2S. The quantitative estimate of drug-likeness (QED) is 0.890.